The average molecular weight is 988 g/mol. The molecule has 0 heterocycles. The van der Waals surface area contributed by atoms with E-state index in [0.717, 1.165) is 0 Å². The summed E-state index contributed by atoms with van der Waals surface area (Å²) in [7, 11) is 0. The van der Waals surface area contributed by atoms with Gasteiger partial charge in [0.05, 0.1) is 0 Å². The van der Waals surface area contributed by atoms with Crippen LogP contribution < -0.4 is 0 Å². The zero-order chi connectivity index (χ0) is 41.7. The molecule has 0 aliphatic rings. The summed E-state index contributed by atoms with van der Waals surface area (Å²) in [6.07, 6.45) is -44.5. The van der Waals surface area contributed by atoms with Gasteiger partial charge in [0.2, 0.25) is 0 Å². The molecule has 16 atom stereocenters. The van der Waals surface area contributed by atoms with Crippen molar-refractivity contribution in [2.24, 2.45) is 0 Å². The summed E-state index contributed by atoms with van der Waals surface area (Å²) < 4.78 is 18.1. The first-order chi connectivity index (χ1) is 24.4. The molecule has 0 radical (unpaired) electrons. The van der Waals surface area contributed by atoms with Crippen molar-refractivity contribution in [3.63, 3.8) is 0 Å². The quantitative estimate of drug-likeness (QED) is 0.0399. The van der Waals surface area contributed by atoms with E-state index >= 15 is 0 Å². The first-order valence-electron chi connectivity index (χ1n) is 14.6. The van der Waals surface area contributed by atoms with Crippen LogP contribution in [0.5, 0.6) is 0 Å². The summed E-state index contributed by atoms with van der Waals surface area (Å²) in [4.78, 5) is 51.7. The summed E-state index contributed by atoms with van der Waals surface area (Å²) in [5.41, 5.74) is 0. The second kappa shape index (κ2) is 23.2. The summed E-state index contributed by atoms with van der Waals surface area (Å²) >= 11 is -8.29. The molecule has 29 heteroatoms. The van der Waals surface area contributed by atoms with Crippen molar-refractivity contribution in [3.8, 4) is 0 Å². The average Bonchev–Trinajstić information content (AvgIpc) is 3.15. The minimum atomic E-state index is -8.29. The van der Waals surface area contributed by atoms with Crippen molar-refractivity contribution < 1.29 is 132 Å². The standard InChI is InChI=1S/4C6H12O7.Pb/c4*7-1-2(8)3(9)4(10)5(11)6(12)13;/h4*2-5,7-11H,1H2,(H,12,13);/q;;;;+4/p-4. The molecule has 0 aromatic carbocycles. The van der Waals surface area contributed by atoms with Crippen LogP contribution >= 0.6 is 0 Å². The molecule has 0 saturated heterocycles. The van der Waals surface area contributed by atoms with Gasteiger partial charge < -0.3 is 0 Å². The second-order valence-corrected chi connectivity index (χ2v) is 17.9. The normalized spacial score (nSPS) is 22.3. The molecule has 0 spiro atoms. The molecule has 312 valence electrons. The molecular formula is C24H44O28Pb. The number of aliphatic hydroxyl groups excluding tert-OH is 20. The predicted octanol–water partition coefficient (Wildman–Crippen LogP) is -14.7. The molecule has 16 unspecified atom stereocenters. The Morgan fingerprint density at radius 1 is 0.321 bits per heavy atom. The summed E-state index contributed by atoms with van der Waals surface area (Å²) in [6.45, 7) is -5.33. The molecule has 0 amide bonds. The molecule has 0 bridgehead atoms. The van der Waals surface area contributed by atoms with E-state index in [4.69, 9.17) is 20.4 Å². The first-order valence-corrected chi connectivity index (χ1v) is 21.0. The Morgan fingerprint density at radius 3 is 0.604 bits per heavy atom. The zero-order valence-corrected chi connectivity index (χ0v) is 30.7. The fourth-order valence-corrected chi connectivity index (χ4v) is 10.2. The number of hydrogen-bond acceptors (Lipinski definition) is 28. The molecule has 0 aromatic heterocycles. The molecule has 28 nitrogen and oxygen atoms in total. The predicted molar refractivity (Wildman–Crippen MR) is 155 cm³/mol. The van der Waals surface area contributed by atoms with Gasteiger partial charge in [0, 0.05) is 0 Å². The summed E-state index contributed by atoms with van der Waals surface area (Å²) in [5.74, 6) is -10.1. The first kappa shape index (κ1) is 51.0. The van der Waals surface area contributed by atoms with E-state index in [0.29, 0.717) is 0 Å². The van der Waals surface area contributed by atoms with Crippen LogP contribution in [0, 0.1) is 0 Å². The minimum absolute atomic E-state index is 1.33. The molecule has 20 N–H and O–H groups in total. The van der Waals surface area contributed by atoms with Crippen LogP contribution in [0.15, 0.2) is 0 Å². The SMILES string of the molecule is O=C([O][Pb]([O]C(=O)C(O)C(O)C(O)C(O)CO)([O]C(=O)C(O)C(O)C(O)C(O)CO)[O]C(=O)C(O)C(O)C(O)C(O)CO)C(O)C(O)C(O)C(O)CO. The molecule has 0 aliphatic heterocycles. The number of aliphatic hydroxyl groups is 20. The Balaban J connectivity index is 7.35. The van der Waals surface area contributed by atoms with E-state index in [1.165, 1.54) is 0 Å². The van der Waals surface area contributed by atoms with Crippen LogP contribution in [0.1, 0.15) is 0 Å². The van der Waals surface area contributed by atoms with Gasteiger partial charge in [-0.15, -0.1) is 0 Å². The van der Waals surface area contributed by atoms with Crippen molar-refractivity contribution in [2.45, 2.75) is 97.7 Å². The van der Waals surface area contributed by atoms with E-state index in [1.54, 1.807) is 0 Å². The van der Waals surface area contributed by atoms with E-state index < -0.39 is 171 Å². The van der Waals surface area contributed by atoms with Crippen molar-refractivity contribution in [3.05, 3.63) is 0 Å². The molecule has 0 fully saturated rings. The Hall–Kier alpha value is -2.00. The van der Waals surface area contributed by atoms with Crippen LogP contribution in [-0.4, -0.2) is 273 Å². The van der Waals surface area contributed by atoms with Crippen LogP contribution in [-0.2, 0) is 29.9 Å². The molecule has 0 aromatic rings. The fourth-order valence-electron chi connectivity index (χ4n) is 3.51. The molecular weight excluding hydrogens is 943 g/mol. The number of carbonyl (C=O) groups excluding carboxylic acids is 4. The van der Waals surface area contributed by atoms with Gasteiger partial charge in [-0.2, -0.15) is 0 Å². The number of rotatable bonds is 24. The van der Waals surface area contributed by atoms with Gasteiger partial charge >= 0.3 is 303 Å². The van der Waals surface area contributed by atoms with E-state index in [9.17, 15) is 101 Å². The Morgan fingerprint density at radius 2 is 0.472 bits per heavy atom. The van der Waals surface area contributed by atoms with E-state index in [1.807, 2.05) is 0 Å². The third-order valence-corrected chi connectivity index (χ3v) is 13.9. The van der Waals surface area contributed by atoms with Gasteiger partial charge in [-0.3, -0.25) is 0 Å². The van der Waals surface area contributed by atoms with Crippen LogP contribution in [0.25, 0.3) is 0 Å². The molecule has 0 rings (SSSR count). The van der Waals surface area contributed by atoms with E-state index in [2.05, 4.69) is 10.7 Å². The maximum atomic E-state index is 12.9. The van der Waals surface area contributed by atoms with Crippen molar-refractivity contribution in [1.29, 1.82) is 0 Å². The third kappa shape index (κ3) is 14.2. The van der Waals surface area contributed by atoms with Gasteiger partial charge in [0.25, 0.3) is 0 Å². The maximum absolute atomic E-state index is 12.9. The van der Waals surface area contributed by atoms with Crippen molar-refractivity contribution >= 4 is 46.9 Å². The van der Waals surface area contributed by atoms with Gasteiger partial charge in [0.15, 0.2) is 0 Å². The van der Waals surface area contributed by atoms with Gasteiger partial charge in [0.1, 0.15) is 0 Å². The third-order valence-electron chi connectivity index (χ3n) is 6.89. The Bertz CT molecular complexity index is 973. The van der Waals surface area contributed by atoms with Crippen molar-refractivity contribution in [1.82, 2.24) is 0 Å². The molecule has 0 saturated carbocycles. The summed E-state index contributed by atoms with van der Waals surface area (Å²) in [6, 6.07) is 0. The molecule has 53 heavy (non-hydrogen) atoms. The van der Waals surface area contributed by atoms with Gasteiger partial charge in [-0.1, -0.05) is 0 Å². The topological polar surface area (TPSA) is 510 Å². The van der Waals surface area contributed by atoms with Crippen molar-refractivity contribution in [2.75, 3.05) is 26.4 Å². The zero-order valence-electron chi connectivity index (χ0n) is 26.8. The second-order valence-electron chi connectivity index (χ2n) is 10.9. The van der Waals surface area contributed by atoms with Gasteiger partial charge in [-0.05, 0) is 0 Å². The number of hydrogen-bond donors (Lipinski definition) is 20. The Labute approximate surface area is 302 Å². The monoisotopic (exact) mass is 988 g/mol. The van der Waals surface area contributed by atoms with Crippen LogP contribution in [0.4, 0.5) is 0 Å². The van der Waals surface area contributed by atoms with Crippen LogP contribution in [0.3, 0.4) is 0 Å². The Kier molecular flexibility index (Phi) is 22.3. The van der Waals surface area contributed by atoms with Gasteiger partial charge in [-0.25, -0.2) is 0 Å². The molecule has 0 aliphatic carbocycles. The fraction of sp³-hybridized carbons (Fsp3) is 0.833. The number of carbonyl (C=O) groups is 4. The van der Waals surface area contributed by atoms with E-state index in [-0.39, 0.29) is 0 Å². The summed E-state index contributed by atoms with van der Waals surface area (Å²) in [5, 5.41) is 195. The van der Waals surface area contributed by atoms with Crippen LogP contribution in [0.2, 0.25) is 0 Å².